The average molecular weight is 321 g/mol. The highest BCUT2D eigenvalue weighted by atomic mass is 16.5. The Kier molecular flexibility index (Phi) is 3.73. The molecule has 1 aliphatic carbocycles. The summed E-state index contributed by atoms with van der Waals surface area (Å²) in [5.74, 6) is 0.702. The molecule has 0 bridgehead atoms. The molecule has 4 nitrogen and oxygen atoms in total. The lowest BCUT2D eigenvalue weighted by Crippen LogP contribution is -2.23. The molecule has 0 fully saturated rings. The Morgan fingerprint density at radius 2 is 2.04 bits per heavy atom. The van der Waals surface area contributed by atoms with Crippen LogP contribution in [0.25, 0.3) is 21.9 Å². The third-order valence-corrected chi connectivity index (χ3v) is 4.60. The van der Waals surface area contributed by atoms with Gasteiger partial charge in [0, 0.05) is 22.8 Å². The predicted octanol–water partition coefficient (Wildman–Crippen LogP) is 4.89. The van der Waals surface area contributed by atoms with E-state index in [-0.39, 0.29) is 11.8 Å². The molecular weight excluding hydrogens is 302 g/mol. The number of amides is 1. The van der Waals surface area contributed by atoms with Gasteiger partial charge < -0.3 is 14.5 Å². The molecule has 0 aliphatic heterocycles. The number of nitrogens with one attached hydrogen (secondary N) is 1. The van der Waals surface area contributed by atoms with Crippen LogP contribution >= 0.6 is 0 Å². The van der Waals surface area contributed by atoms with E-state index in [1.807, 2.05) is 36.4 Å². The molecule has 24 heavy (non-hydrogen) atoms. The van der Waals surface area contributed by atoms with Crippen molar-refractivity contribution in [1.29, 1.82) is 0 Å². The summed E-state index contributed by atoms with van der Waals surface area (Å²) in [7, 11) is 1.61. The van der Waals surface area contributed by atoms with Gasteiger partial charge in [-0.05, 0) is 31.4 Å². The minimum Gasteiger partial charge on any atom is -0.495 e. The van der Waals surface area contributed by atoms with E-state index in [1.165, 1.54) is 0 Å². The number of hydrogen-bond acceptors (Lipinski definition) is 3. The van der Waals surface area contributed by atoms with Crippen LogP contribution in [-0.4, -0.2) is 13.0 Å². The molecule has 1 atom stereocenters. The van der Waals surface area contributed by atoms with Crippen LogP contribution in [0.1, 0.15) is 19.3 Å². The number of hydrogen-bond donors (Lipinski definition) is 1. The lowest BCUT2D eigenvalue weighted by Gasteiger charge is -2.18. The van der Waals surface area contributed by atoms with Gasteiger partial charge in [-0.25, -0.2) is 0 Å². The smallest absolute Gasteiger partial charge is 0.227 e. The van der Waals surface area contributed by atoms with E-state index in [1.54, 1.807) is 7.11 Å². The Labute approximate surface area is 140 Å². The second-order valence-corrected chi connectivity index (χ2v) is 6.12. The molecule has 1 aromatic heterocycles. The molecule has 2 aromatic carbocycles. The number of carbonyl (C=O) groups excluding carboxylic acids is 1. The number of rotatable bonds is 3. The number of methoxy groups -OCH3 is 1. The van der Waals surface area contributed by atoms with Gasteiger partial charge in [0.1, 0.15) is 16.9 Å². The van der Waals surface area contributed by atoms with Crippen molar-refractivity contribution in [3.05, 3.63) is 48.6 Å². The highest BCUT2D eigenvalue weighted by Gasteiger charge is 2.21. The van der Waals surface area contributed by atoms with Crippen molar-refractivity contribution in [1.82, 2.24) is 0 Å². The maximum atomic E-state index is 12.5. The number of anilines is 1. The summed E-state index contributed by atoms with van der Waals surface area (Å²) >= 11 is 0. The molecule has 0 unspecified atom stereocenters. The zero-order chi connectivity index (χ0) is 16.5. The van der Waals surface area contributed by atoms with E-state index in [4.69, 9.17) is 9.15 Å². The standard InChI is InChI=1S/C20H19NO3/c1-23-19-11-15-14-9-5-6-10-17(14)24-18(15)12-16(19)21-20(22)13-7-3-2-4-8-13/h2-3,5-6,9-13H,4,7-8H2,1H3,(H,21,22)/t13-/m1/s1. The molecule has 1 aliphatic rings. The van der Waals surface area contributed by atoms with Crippen LogP contribution < -0.4 is 10.1 Å². The Morgan fingerprint density at radius 3 is 2.83 bits per heavy atom. The number of furan rings is 1. The van der Waals surface area contributed by atoms with Gasteiger partial charge in [0.15, 0.2) is 0 Å². The second kappa shape index (κ2) is 6.04. The van der Waals surface area contributed by atoms with Crippen molar-refractivity contribution in [2.24, 2.45) is 5.92 Å². The van der Waals surface area contributed by atoms with Crippen molar-refractivity contribution in [2.75, 3.05) is 12.4 Å². The van der Waals surface area contributed by atoms with Crippen LogP contribution in [0.4, 0.5) is 5.69 Å². The zero-order valence-corrected chi connectivity index (χ0v) is 13.5. The van der Waals surface area contributed by atoms with Gasteiger partial charge in [-0.3, -0.25) is 4.79 Å². The molecule has 1 heterocycles. The fourth-order valence-electron chi connectivity index (χ4n) is 3.28. The minimum atomic E-state index is 0.0195. The summed E-state index contributed by atoms with van der Waals surface area (Å²) in [6.07, 6.45) is 6.84. The molecule has 1 amide bonds. The number of benzene rings is 2. The van der Waals surface area contributed by atoms with Crippen LogP contribution in [-0.2, 0) is 4.79 Å². The Hall–Kier alpha value is -2.75. The van der Waals surface area contributed by atoms with E-state index in [9.17, 15) is 4.79 Å². The van der Waals surface area contributed by atoms with Crippen LogP contribution in [0.15, 0.2) is 53.0 Å². The van der Waals surface area contributed by atoms with E-state index in [0.29, 0.717) is 11.4 Å². The molecule has 1 N–H and O–H groups in total. The predicted molar refractivity (Wildman–Crippen MR) is 95.4 cm³/mol. The van der Waals surface area contributed by atoms with Gasteiger partial charge in [-0.1, -0.05) is 30.4 Å². The average Bonchev–Trinajstić information content (AvgIpc) is 2.99. The molecule has 0 radical (unpaired) electrons. The third-order valence-electron chi connectivity index (χ3n) is 4.60. The largest absolute Gasteiger partial charge is 0.495 e. The minimum absolute atomic E-state index is 0.0195. The van der Waals surface area contributed by atoms with Gasteiger partial charge in [-0.2, -0.15) is 0 Å². The zero-order valence-electron chi connectivity index (χ0n) is 13.5. The number of allylic oxidation sites excluding steroid dienone is 2. The van der Waals surface area contributed by atoms with Gasteiger partial charge in [0.2, 0.25) is 5.91 Å². The molecule has 122 valence electrons. The Bertz CT molecular complexity index is 939. The van der Waals surface area contributed by atoms with E-state index in [2.05, 4.69) is 17.5 Å². The van der Waals surface area contributed by atoms with Crippen LogP contribution in [0.2, 0.25) is 0 Å². The van der Waals surface area contributed by atoms with Crippen molar-refractivity contribution in [3.63, 3.8) is 0 Å². The topological polar surface area (TPSA) is 51.5 Å². The summed E-state index contributed by atoms with van der Waals surface area (Å²) in [4.78, 5) is 12.5. The molecular formula is C20H19NO3. The summed E-state index contributed by atoms with van der Waals surface area (Å²) in [5, 5.41) is 5.04. The monoisotopic (exact) mass is 321 g/mol. The van der Waals surface area contributed by atoms with Crippen molar-refractivity contribution < 1.29 is 13.9 Å². The summed E-state index contributed by atoms with van der Waals surface area (Å²) in [6.45, 7) is 0. The highest BCUT2D eigenvalue weighted by molar-refractivity contribution is 6.07. The quantitative estimate of drug-likeness (QED) is 0.699. The second-order valence-electron chi connectivity index (χ2n) is 6.12. The lowest BCUT2D eigenvalue weighted by molar-refractivity contribution is -0.120. The van der Waals surface area contributed by atoms with Gasteiger partial charge in [0.25, 0.3) is 0 Å². The first-order chi connectivity index (χ1) is 11.8. The van der Waals surface area contributed by atoms with Crippen LogP contribution in [0.5, 0.6) is 5.75 Å². The SMILES string of the molecule is COc1cc2c(cc1NC(=O)[C@@H]1CC=CCC1)oc1ccccc12. The molecule has 4 heteroatoms. The van der Waals surface area contributed by atoms with Crippen LogP contribution in [0, 0.1) is 5.92 Å². The number of para-hydroxylation sites is 1. The molecule has 0 saturated carbocycles. The normalized spacial score (nSPS) is 17.3. The lowest BCUT2D eigenvalue weighted by atomic mass is 9.93. The van der Waals surface area contributed by atoms with E-state index >= 15 is 0 Å². The third kappa shape index (κ3) is 2.54. The summed E-state index contributed by atoms with van der Waals surface area (Å²) < 4.78 is 11.4. The first-order valence-electron chi connectivity index (χ1n) is 8.21. The van der Waals surface area contributed by atoms with E-state index < -0.39 is 0 Å². The fraction of sp³-hybridized carbons (Fsp3) is 0.250. The highest BCUT2D eigenvalue weighted by Crippen LogP contribution is 2.36. The fourth-order valence-corrected chi connectivity index (χ4v) is 3.28. The number of fused-ring (bicyclic) bond motifs is 3. The first-order valence-corrected chi connectivity index (χ1v) is 8.21. The van der Waals surface area contributed by atoms with Gasteiger partial charge in [0.05, 0.1) is 12.8 Å². The molecule has 4 rings (SSSR count). The van der Waals surface area contributed by atoms with E-state index in [0.717, 1.165) is 41.2 Å². The summed E-state index contributed by atoms with van der Waals surface area (Å²) in [5.41, 5.74) is 2.23. The van der Waals surface area contributed by atoms with Gasteiger partial charge >= 0.3 is 0 Å². The first kappa shape index (κ1) is 14.8. The maximum Gasteiger partial charge on any atom is 0.227 e. The van der Waals surface area contributed by atoms with Crippen molar-refractivity contribution in [3.8, 4) is 5.75 Å². The number of carbonyl (C=O) groups is 1. The van der Waals surface area contributed by atoms with Crippen LogP contribution in [0.3, 0.4) is 0 Å². The van der Waals surface area contributed by atoms with Crippen molar-refractivity contribution >= 4 is 33.5 Å². The molecule has 0 saturated heterocycles. The Balaban J connectivity index is 1.72. The molecule has 3 aromatic rings. The Morgan fingerprint density at radius 1 is 1.17 bits per heavy atom. The maximum absolute atomic E-state index is 12.5. The number of ether oxygens (including phenoxy) is 1. The van der Waals surface area contributed by atoms with Crippen molar-refractivity contribution in [2.45, 2.75) is 19.3 Å². The molecule has 0 spiro atoms. The summed E-state index contributed by atoms with van der Waals surface area (Å²) in [6, 6.07) is 11.7. The van der Waals surface area contributed by atoms with Gasteiger partial charge in [-0.15, -0.1) is 0 Å².